The van der Waals surface area contributed by atoms with Gasteiger partial charge in [-0.25, -0.2) is 0 Å². The third-order valence-electron chi connectivity index (χ3n) is 8.46. The van der Waals surface area contributed by atoms with Gasteiger partial charge in [0.15, 0.2) is 5.76 Å². The lowest BCUT2D eigenvalue weighted by molar-refractivity contribution is -0.137. The molecule has 1 amide bonds. The van der Waals surface area contributed by atoms with Crippen LogP contribution in [0.5, 0.6) is 5.75 Å². The molecule has 0 bridgehead atoms. The van der Waals surface area contributed by atoms with E-state index in [-0.39, 0.29) is 27.9 Å². The third-order valence-corrected chi connectivity index (χ3v) is 9.76. The fraction of sp³-hybridized carbons (Fsp3) is 0.353. The highest BCUT2D eigenvalue weighted by molar-refractivity contribution is 14.1. The first-order chi connectivity index (χ1) is 21.6. The number of likely N-dealkylation sites (tertiary alicyclic amines) is 1. The molecule has 2 unspecified atom stereocenters. The summed E-state index contributed by atoms with van der Waals surface area (Å²) in [6, 6.07) is 22.4. The number of nitriles is 1. The van der Waals surface area contributed by atoms with Gasteiger partial charge in [-0.1, -0.05) is 34.7 Å². The lowest BCUT2D eigenvalue weighted by Gasteiger charge is -2.36. The summed E-state index contributed by atoms with van der Waals surface area (Å²) in [4.78, 5) is 17.6. The smallest absolute Gasteiger partial charge is 0.416 e. The number of furan rings is 1. The van der Waals surface area contributed by atoms with Crippen molar-refractivity contribution in [1.29, 1.82) is 5.26 Å². The van der Waals surface area contributed by atoms with Crippen molar-refractivity contribution < 1.29 is 27.1 Å². The van der Waals surface area contributed by atoms with Crippen LogP contribution in [0.25, 0.3) is 11.0 Å². The van der Waals surface area contributed by atoms with Crippen molar-refractivity contribution in [3.63, 3.8) is 0 Å². The summed E-state index contributed by atoms with van der Waals surface area (Å²) in [6.45, 7) is 3.00. The topological polar surface area (TPSA) is 81.7 Å². The van der Waals surface area contributed by atoms with Crippen molar-refractivity contribution in [2.45, 2.75) is 54.6 Å². The SMILES string of the molecule is N#Cc1ccc(CN2CCC(NC(=O)c3cc4ccc(OC5CCN(c6ccc(C(F)(F)F)cc6)CC5)cc4o3)CC2I)cc1. The molecule has 6 rings (SSSR count). The Morgan fingerprint density at radius 3 is 2.40 bits per heavy atom. The molecular weight excluding hydrogens is 696 g/mol. The number of ether oxygens (including phenoxy) is 1. The molecule has 4 aromatic rings. The number of rotatable bonds is 7. The molecule has 234 valence electrons. The molecule has 3 heterocycles. The number of piperidine rings is 2. The first kappa shape index (κ1) is 31.2. The van der Waals surface area contributed by atoms with Gasteiger partial charge in [0.2, 0.25) is 0 Å². The van der Waals surface area contributed by atoms with Crippen LogP contribution in [-0.2, 0) is 12.7 Å². The summed E-state index contributed by atoms with van der Waals surface area (Å²) in [6.07, 6.45) is -1.26. The molecule has 11 heteroatoms. The van der Waals surface area contributed by atoms with Crippen molar-refractivity contribution in [3.05, 3.63) is 95.2 Å². The van der Waals surface area contributed by atoms with Gasteiger partial charge in [-0.3, -0.25) is 9.69 Å². The van der Waals surface area contributed by atoms with Gasteiger partial charge < -0.3 is 19.4 Å². The second kappa shape index (κ2) is 13.3. The Hall–Kier alpha value is -3.76. The Kier molecular flexibility index (Phi) is 9.23. The number of anilines is 1. The van der Waals surface area contributed by atoms with E-state index in [0.29, 0.717) is 30.0 Å². The molecule has 0 spiro atoms. The Morgan fingerprint density at radius 1 is 1.00 bits per heavy atom. The fourth-order valence-corrected chi connectivity index (χ4v) is 7.02. The average molecular weight is 729 g/mol. The van der Waals surface area contributed by atoms with Crippen molar-refractivity contribution in [3.8, 4) is 11.8 Å². The van der Waals surface area contributed by atoms with E-state index in [1.165, 1.54) is 12.1 Å². The number of benzene rings is 3. The molecule has 0 aliphatic carbocycles. The molecule has 2 aliphatic rings. The zero-order valence-electron chi connectivity index (χ0n) is 24.4. The van der Waals surface area contributed by atoms with Gasteiger partial charge in [-0.05, 0) is 73.0 Å². The van der Waals surface area contributed by atoms with Crippen molar-refractivity contribution in [1.82, 2.24) is 10.2 Å². The molecular formula is C34H32F3IN4O3. The number of fused-ring (bicyclic) bond motifs is 1. The Morgan fingerprint density at radius 2 is 1.73 bits per heavy atom. The van der Waals surface area contributed by atoms with E-state index in [2.05, 4.69) is 43.8 Å². The number of hydrogen-bond acceptors (Lipinski definition) is 6. The highest BCUT2D eigenvalue weighted by atomic mass is 127. The quantitative estimate of drug-likeness (QED) is 0.121. The van der Waals surface area contributed by atoms with Gasteiger partial charge in [0.05, 0.1) is 21.2 Å². The van der Waals surface area contributed by atoms with Gasteiger partial charge in [-0.2, -0.15) is 18.4 Å². The third kappa shape index (κ3) is 7.56. The number of nitrogens with zero attached hydrogens (tertiary/aromatic N) is 3. The number of alkyl halides is 4. The molecule has 1 aromatic heterocycles. The maximum Gasteiger partial charge on any atom is 0.416 e. The number of carbonyl (C=O) groups is 1. The number of halogens is 4. The first-order valence-electron chi connectivity index (χ1n) is 14.9. The zero-order chi connectivity index (χ0) is 31.6. The normalized spacial score (nSPS) is 19.8. The van der Waals surface area contributed by atoms with Gasteiger partial charge in [0.1, 0.15) is 17.4 Å². The summed E-state index contributed by atoms with van der Waals surface area (Å²) in [5.74, 6) is 0.676. The molecule has 1 N–H and O–H groups in total. The van der Waals surface area contributed by atoms with Crippen molar-refractivity contribution >= 4 is 45.2 Å². The molecule has 2 fully saturated rings. The Bertz CT molecular complexity index is 1680. The summed E-state index contributed by atoms with van der Waals surface area (Å²) < 4.78 is 51.1. The summed E-state index contributed by atoms with van der Waals surface area (Å²) in [5, 5.41) is 13.0. The molecule has 7 nitrogen and oxygen atoms in total. The number of carbonyl (C=O) groups excluding carboxylic acids is 1. The van der Waals surface area contributed by atoms with Crippen LogP contribution in [0.3, 0.4) is 0 Å². The molecule has 2 atom stereocenters. The zero-order valence-corrected chi connectivity index (χ0v) is 26.6. The van der Waals surface area contributed by atoms with Gasteiger partial charge in [0, 0.05) is 62.2 Å². The lowest BCUT2D eigenvalue weighted by atomic mass is 10.0. The maximum atomic E-state index is 13.1. The monoisotopic (exact) mass is 728 g/mol. The second-order valence-corrected chi connectivity index (χ2v) is 13.0. The van der Waals surface area contributed by atoms with Gasteiger partial charge >= 0.3 is 6.18 Å². The van der Waals surface area contributed by atoms with E-state index in [9.17, 15) is 18.0 Å². The van der Waals surface area contributed by atoms with E-state index < -0.39 is 11.7 Å². The summed E-state index contributed by atoms with van der Waals surface area (Å²) in [7, 11) is 0. The van der Waals surface area contributed by atoms with Gasteiger partial charge in [-0.15, -0.1) is 0 Å². The van der Waals surface area contributed by atoms with Crippen LogP contribution in [0.1, 0.15) is 52.9 Å². The highest BCUT2D eigenvalue weighted by Gasteiger charge is 2.31. The van der Waals surface area contributed by atoms with Crippen LogP contribution in [0.2, 0.25) is 0 Å². The number of amides is 1. The summed E-state index contributed by atoms with van der Waals surface area (Å²) in [5.41, 5.74) is 2.51. The highest BCUT2D eigenvalue weighted by Crippen LogP contribution is 2.32. The first-order valence-corrected chi connectivity index (χ1v) is 16.2. The average Bonchev–Trinajstić information content (AvgIpc) is 3.47. The number of nitrogens with one attached hydrogen (secondary N) is 1. The van der Waals surface area contributed by atoms with E-state index >= 15 is 0 Å². The number of hydrogen-bond donors (Lipinski definition) is 1. The predicted octanol–water partition coefficient (Wildman–Crippen LogP) is 7.53. The fourth-order valence-electron chi connectivity index (χ4n) is 5.93. The van der Waals surface area contributed by atoms with Crippen molar-refractivity contribution in [2.75, 3.05) is 24.5 Å². The maximum absolute atomic E-state index is 13.1. The largest absolute Gasteiger partial charge is 0.490 e. The van der Waals surface area contributed by atoms with E-state index in [0.717, 1.165) is 67.5 Å². The molecule has 3 aromatic carbocycles. The van der Waals surface area contributed by atoms with E-state index in [1.54, 1.807) is 12.1 Å². The lowest BCUT2D eigenvalue weighted by Crippen LogP contribution is -2.47. The van der Waals surface area contributed by atoms with Crippen LogP contribution < -0.4 is 15.0 Å². The predicted molar refractivity (Wildman–Crippen MR) is 173 cm³/mol. The van der Waals surface area contributed by atoms with E-state index in [1.807, 2.05) is 36.4 Å². The van der Waals surface area contributed by atoms with Crippen LogP contribution >= 0.6 is 22.6 Å². The van der Waals surface area contributed by atoms with Crippen LogP contribution in [-0.4, -0.2) is 46.6 Å². The Labute approximate surface area is 273 Å². The molecule has 2 aliphatic heterocycles. The molecule has 2 saturated heterocycles. The minimum absolute atomic E-state index is 0.0325. The standard InChI is InChI=1S/C34H32F3IN4O3/c35-34(36,37)25-6-8-27(9-7-25)41-15-12-28(13-16-41)44-29-10-5-24-17-31(45-30(24)19-29)33(43)40-26-11-14-42(32(38)18-26)21-23-3-1-22(20-39)2-4-23/h1-10,17,19,26,28,32H,11-16,18,21H2,(H,40,43). The minimum atomic E-state index is -4.34. The summed E-state index contributed by atoms with van der Waals surface area (Å²) >= 11 is 2.43. The minimum Gasteiger partial charge on any atom is -0.490 e. The molecule has 0 saturated carbocycles. The van der Waals surface area contributed by atoms with Crippen LogP contribution in [0.4, 0.5) is 18.9 Å². The van der Waals surface area contributed by atoms with Gasteiger partial charge in [0.25, 0.3) is 5.91 Å². The molecule has 45 heavy (non-hydrogen) atoms. The second-order valence-electron chi connectivity index (χ2n) is 11.6. The molecule has 0 radical (unpaired) electrons. The van der Waals surface area contributed by atoms with E-state index in [4.69, 9.17) is 14.4 Å². The van der Waals surface area contributed by atoms with Crippen molar-refractivity contribution in [2.24, 2.45) is 0 Å². The van der Waals surface area contributed by atoms with Crippen LogP contribution in [0.15, 0.2) is 77.2 Å². The Balaban J connectivity index is 0.994. The van der Waals surface area contributed by atoms with Crippen LogP contribution in [0, 0.1) is 11.3 Å².